The van der Waals surface area contributed by atoms with Gasteiger partial charge in [-0.3, -0.25) is 57.7 Å². The average Bonchev–Trinajstić information content (AvgIpc) is 0.883. The molecule has 0 aromatic carbocycles. The molecule has 0 bridgehead atoms. The number of pyridine rings is 1. The molecule has 2 heterocycles. The van der Waals surface area contributed by atoms with Gasteiger partial charge in [0.1, 0.15) is 36.3 Å². The quantitative estimate of drug-likeness (QED) is 0.155. The number of aliphatic hydroxyl groups is 1. The minimum atomic E-state index is -1.51. The number of rotatable bonds is 17. The molecule has 0 aliphatic carbocycles. The third kappa shape index (κ3) is 22.6. The largest absolute Gasteiger partial charge is 0.390 e. The number of hydrogen-bond donors (Lipinski definition) is 2. The second kappa shape index (κ2) is 36.9. The van der Waals surface area contributed by atoms with Crippen LogP contribution in [0.1, 0.15) is 187 Å². The lowest BCUT2D eigenvalue weighted by Crippen LogP contribution is -2.61. The topological polar surface area (TPSA) is 256 Å². The zero-order chi connectivity index (χ0) is 70.0. The van der Waals surface area contributed by atoms with Gasteiger partial charge in [-0.15, -0.1) is 0 Å². The van der Waals surface area contributed by atoms with E-state index in [1.807, 2.05) is 81.4 Å². The summed E-state index contributed by atoms with van der Waals surface area (Å²) in [7, 11) is 10.3. The van der Waals surface area contributed by atoms with E-state index in [-0.39, 0.29) is 74.4 Å². The van der Waals surface area contributed by atoms with Gasteiger partial charge >= 0.3 is 0 Å². The Morgan fingerprint density at radius 3 is 1.37 bits per heavy atom. The highest BCUT2D eigenvalue weighted by molar-refractivity contribution is 6.00. The van der Waals surface area contributed by atoms with Crippen molar-refractivity contribution in [3.63, 3.8) is 0 Å². The first-order chi connectivity index (χ1) is 42.2. The van der Waals surface area contributed by atoms with Crippen molar-refractivity contribution in [1.82, 2.24) is 44.6 Å². The van der Waals surface area contributed by atoms with Crippen LogP contribution in [0.5, 0.6) is 0 Å². The molecule has 13 atom stereocenters. The number of aliphatic hydroxyl groups excluding tert-OH is 1. The van der Waals surface area contributed by atoms with E-state index < -0.39 is 155 Å². The maximum Gasteiger partial charge on any atom is 0.246 e. The Morgan fingerprint density at radius 2 is 0.912 bits per heavy atom. The van der Waals surface area contributed by atoms with Crippen LogP contribution in [-0.2, 0) is 59.2 Å². The second-order valence-electron chi connectivity index (χ2n) is 28.8. The van der Waals surface area contributed by atoms with Crippen molar-refractivity contribution in [1.29, 1.82) is 0 Å². The van der Waals surface area contributed by atoms with Gasteiger partial charge in [-0.1, -0.05) is 104 Å². The summed E-state index contributed by atoms with van der Waals surface area (Å²) in [5, 5.41) is 15.2. The molecule has 8 amide bonds. The SMILES string of the molecule is CC[C@H]1CC(=O)[C@@H]([C@H](O)[C@H](C)CCCc2ccncc2)N(C)C(=O)[C@@H](C(C)C)N(C)C(=O)[C@@H](CC(C)C)N(C)C(=O)[C@@H](CC(C)C)N(C)C(=O)[C@H](C)NC(=O)[C@@H](C)CC(=O)[C@@H](CC(C)C)N(C)C(=O)[C@@H](C(C)C)CC(=O)[C@H](CC(C)C)N(C)C(=O)[C@@H](C)N(C)C1=O. The molecule has 516 valence electrons. The van der Waals surface area contributed by atoms with E-state index in [1.165, 1.54) is 90.6 Å². The van der Waals surface area contributed by atoms with Crippen LogP contribution >= 0.6 is 0 Å². The van der Waals surface area contributed by atoms with Crippen LogP contribution in [0.15, 0.2) is 24.5 Å². The van der Waals surface area contributed by atoms with Crippen molar-refractivity contribution in [2.45, 2.75) is 243 Å². The summed E-state index contributed by atoms with van der Waals surface area (Å²) < 4.78 is 0. The summed E-state index contributed by atoms with van der Waals surface area (Å²) in [4.78, 5) is 176. The molecule has 0 unspecified atom stereocenters. The van der Waals surface area contributed by atoms with Crippen molar-refractivity contribution >= 4 is 64.6 Å². The van der Waals surface area contributed by atoms with Crippen molar-refractivity contribution in [2.24, 2.45) is 59.2 Å². The van der Waals surface area contributed by atoms with Gasteiger partial charge < -0.3 is 44.7 Å². The predicted molar refractivity (Wildman–Crippen MR) is 354 cm³/mol. The van der Waals surface area contributed by atoms with Crippen LogP contribution in [0.3, 0.4) is 0 Å². The van der Waals surface area contributed by atoms with Gasteiger partial charge in [0.2, 0.25) is 47.3 Å². The molecule has 2 rings (SSSR count). The van der Waals surface area contributed by atoms with Gasteiger partial charge in [-0.05, 0) is 124 Å². The average molecular weight is 1280 g/mol. The molecule has 0 saturated carbocycles. The number of Topliss-reactive ketones (excluding diaryl/α,β-unsaturated/α-hetero) is 3. The van der Waals surface area contributed by atoms with E-state index in [1.54, 1.807) is 53.9 Å². The predicted octanol–water partition coefficient (Wildman–Crippen LogP) is 7.38. The molecule has 1 aliphatic rings. The molecule has 21 nitrogen and oxygen atoms in total. The molecule has 91 heavy (non-hydrogen) atoms. The van der Waals surface area contributed by atoms with Crippen LogP contribution < -0.4 is 5.32 Å². The summed E-state index contributed by atoms with van der Waals surface area (Å²) in [6.07, 6.45) is 3.63. The molecule has 1 saturated heterocycles. The standard InChI is InChI=1S/C70H119N9O12/c1-25-51-38-59(82)61(62(83)46(14)27-26-28-50-29-31-71-32-30-50)79(24)70(91)60(45(12)13)78(23)69(90)56(36-43(8)9)77(22)68(89)55(35-42(6)7)76(21)64(85)48(16)72-63(84)47(15)37-57(80)53(33-40(2)3)75(20)67(88)52(44(10)11)39-58(81)54(34-41(4)5)74(19)65(86)49(17)73(18)66(51)87/h29-32,40-49,51-56,60-62,83H,25-28,33-39H2,1-24H3,(H,72,84)/t46-,47+,48+,49-,51+,52-,53-,54+,55-,56-,60-,61+,62-/m1/s1. The molecule has 0 spiro atoms. The second-order valence-corrected chi connectivity index (χ2v) is 28.8. The Bertz CT molecular complexity index is 2610. The number of carbonyl (C=O) groups excluding carboxylic acids is 11. The van der Waals surface area contributed by atoms with Crippen LogP contribution in [0, 0.1) is 59.2 Å². The van der Waals surface area contributed by atoms with Crippen molar-refractivity contribution in [2.75, 3.05) is 49.3 Å². The number of carbonyl (C=O) groups is 11. The highest BCUT2D eigenvalue weighted by Gasteiger charge is 2.46. The fraction of sp³-hybridized carbons (Fsp3) is 0.771. The molecule has 2 N–H and O–H groups in total. The van der Waals surface area contributed by atoms with Gasteiger partial charge in [0.05, 0.1) is 18.2 Å². The van der Waals surface area contributed by atoms with Crippen molar-refractivity contribution in [3.8, 4) is 0 Å². The number of ketones is 3. The van der Waals surface area contributed by atoms with Crippen molar-refractivity contribution < 1.29 is 57.8 Å². The molecule has 1 fully saturated rings. The zero-order valence-corrected chi connectivity index (χ0v) is 60.1. The lowest BCUT2D eigenvalue weighted by Gasteiger charge is -2.41. The van der Waals surface area contributed by atoms with Crippen molar-refractivity contribution in [3.05, 3.63) is 30.1 Å². The molecule has 0 radical (unpaired) electrons. The third-order valence-corrected chi connectivity index (χ3v) is 18.7. The highest BCUT2D eigenvalue weighted by Crippen LogP contribution is 2.30. The number of aromatic nitrogens is 1. The van der Waals surface area contributed by atoms with Gasteiger partial charge in [-0.25, -0.2) is 0 Å². The first kappa shape index (κ1) is 81.0. The highest BCUT2D eigenvalue weighted by atomic mass is 16.3. The molecule has 1 aliphatic heterocycles. The molecular weight excluding hydrogens is 1160 g/mol. The molecule has 1 aromatic heterocycles. The van der Waals surface area contributed by atoms with E-state index in [4.69, 9.17) is 0 Å². The third-order valence-electron chi connectivity index (χ3n) is 18.7. The fourth-order valence-corrected chi connectivity index (χ4v) is 12.6. The normalized spacial score (nSPS) is 26.9. The molecular formula is C70H119N9O12. The monoisotopic (exact) mass is 1280 g/mol. The van der Waals surface area contributed by atoms with E-state index >= 15 is 19.2 Å². The summed E-state index contributed by atoms with van der Waals surface area (Å²) in [6.45, 7) is 30.5. The lowest BCUT2D eigenvalue weighted by molar-refractivity contribution is -0.157. The number of nitrogens with zero attached hydrogens (tertiary/aromatic N) is 8. The van der Waals surface area contributed by atoms with Gasteiger partial charge in [0.25, 0.3) is 0 Å². The number of nitrogens with one attached hydrogen (secondary N) is 1. The van der Waals surface area contributed by atoms with E-state index in [0.29, 0.717) is 19.3 Å². The minimum absolute atomic E-state index is 0.0714. The Balaban J connectivity index is 3.00. The summed E-state index contributed by atoms with van der Waals surface area (Å²) in [5.74, 6) is -10.9. The first-order valence-corrected chi connectivity index (χ1v) is 33.5. The fourth-order valence-electron chi connectivity index (χ4n) is 12.6. The van der Waals surface area contributed by atoms with E-state index in [0.717, 1.165) is 5.56 Å². The Morgan fingerprint density at radius 1 is 0.484 bits per heavy atom. The zero-order valence-electron chi connectivity index (χ0n) is 60.1. The number of hydrogen-bond acceptors (Lipinski definition) is 13. The molecule has 21 heteroatoms. The number of likely N-dealkylation sites (N-methyl/N-ethyl adjacent to an activating group) is 7. The summed E-state index contributed by atoms with van der Waals surface area (Å²) in [5.41, 5.74) is 1.03. The Kier molecular flexibility index (Phi) is 32.9. The Labute approximate surface area is 546 Å². The van der Waals surface area contributed by atoms with E-state index in [2.05, 4.69) is 10.3 Å². The summed E-state index contributed by atoms with van der Waals surface area (Å²) in [6, 6.07) is -5.53. The van der Waals surface area contributed by atoms with Gasteiger partial charge in [-0.2, -0.15) is 0 Å². The minimum Gasteiger partial charge on any atom is -0.390 e. The molecule has 1 aromatic rings. The maximum absolute atomic E-state index is 15.4. The number of aryl methyl sites for hydroxylation is 1. The van der Waals surface area contributed by atoms with Gasteiger partial charge in [0, 0.05) is 98.7 Å². The summed E-state index contributed by atoms with van der Waals surface area (Å²) >= 11 is 0. The van der Waals surface area contributed by atoms with Gasteiger partial charge in [0.15, 0.2) is 17.3 Å². The van der Waals surface area contributed by atoms with Crippen LogP contribution in [0.2, 0.25) is 0 Å². The van der Waals surface area contributed by atoms with Crippen LogP contribution in [0.4, 0.5) is 0 Å². The first-order valence-electron chi connectivity index (χ1n) is 33.5. The maximum atomic E-state index is 15.4. The number of amides is 8. The Hall–Kier alpha value is -6.12. The van der Waals surface area contributed by atoms with Crippen LogP contribution in [-0.4, -0.2) is 213 Å². The lowest BCUT2D eigenvalue weighted by atomic mass is 9.84. The van der Waals surface area contributed by atoms with Crippen LogP contribution in [0.25, 0.3) is 0 Å². The smallest absolute Gasteiger partial charge is 0.246 e. The van der Waals surface area contributed by atoms with E-state index in [9.17, 15) is 38.7 Å².